The van der Waals surface area contributed by atoms with Crippen LogP contribution in [-0.2, 0) is 11.3 Å². The zero-order chi connectivity index (χ0) is 21.3. The second-order valence-corrected chi connectivity index (χ2v) is 7.15. The van der Waals surface area contributed by atoms with Crippen LogP contribution in [0.1, 0.15) is 18.5 Å². The maximum atomic E-state index is 12.7. The molecule has 1 atom stereocenters. The molecule has 7 nitrogen and oxygen atoms in total. The van der Waals surface area contributed by atoms with Gasteiger partial charge in [0, 0.05) is 23.6 Å². The Bertz CT molecular complexity index is 1340. The second-order valence-electron chi connectivity index (χ2n) is 7.15. The van der Waals surface area contributed by atoms with Crippen molar-refractivity contribution in [1.82, 2.24) is 9.88 Å². The van der Waals surface area contributed by atoms with Gasteiger partial charge >= 0.3 is 0 Å². The summed E-state index contributed by atoms with van der Waals surface area (Å²) in [6.45, 7) is 1.71. The van der Waals surface area contributed by atoms with Crippen LogP contribution in [0.3, 0.4) is 0 Å². The van der Waals surface area contributed by atoms with E-state index in [0.717, 1.165) is 16.3 Å². The summed E-state index contributed by atoms with van der Waals surface area (Å²) in [5.41, 5.74) is 1.02. The lowest BCUT2D eigenvalue weighted by Gasteiger charge is -2.16. The molecule has 0 saturated heterocycles. The maximum absolute atomic E-state index is 12.7. The van der Waals surface area contributed by atoms with Gasteiger partial charge in [0.1, 0.15) is 6.54 Å². The molecule has 0 aliphatic rings. The Morgan fingerprint density at radius 3 is 2.50 bits per heavy atom. The number of rotatable bonds is 5. The van der Waals surface area contributed by atoms with Crippen LogP contribution in [0.25, 0.3) is 21.7 Å². The zero-order valence-corrected chi connectivity index (χ0v) is 16.2. The molecule has 0 aliphatic carbocycles. The number of nitrogens with zero attached hydrogens (tertiary/aromatic N) is 2. The standard InChI is InChI=1S/C23H19N3O4/c1-15(17-7-6-16-4-2-3-5-18(16)12-17)24-22(27)14-25-21-10-9-20(26(29)30)13-19(21)8-11-23(25)28/h2-13,15H,14H2,1H3,(H,24,27)/t15-/m1/s1. The summed E-state index contributed by atoms with van der Waals surface area (Å²) in [4.78, 5) is 35.5. The van der Waals surface area contributed by atoms with E-state index in [1.165, 1.54) is 34.9 Å². The van der Waals surface area contributed by atoms with E-state index in [-0.39, 0.29) is 29.7 Å². The van der Waals surface area contributed by atoms with Crippen LogP contribution in [0.4, 0.5) is 5.69 Å². The van der Waals surface area contributed by atoms with E-state index in [4.69, 9.17) is 0 Å². The van der Waals surface area contributed by atoms with Crippen molar-refractivity contribution in [3.05, 3.63) is 98.8 Å². The van der Waals surface area contributed by atoms with Gasteiger partial charge < -0.3 is 5.32 Å². The van der Waals surface area contributed by atoms with Crippen molar-refractivity contribution in [2.45, 2.75) is 19.5 Å². The van der Waals surface area contributed by atoms with Gasteiger partial charge in [-0.25, -0.2) is 0 Å². The van der Waals surface area contributed by atoms with Crippen molar-refractivity contribution in [3.8, 4) is 0 Å². The minimum Gasteiger partial charge on any atom is -0.348 e. The van der Waals surface area contributed by atoms with Gasteiger partial charge in [-0.05, 0) is 41.5 Å². The highest BCUT2D eigenvalue weighted by molar-refractivity contribution is 5.85. The third kappa shape index (κ3) is 3.77. The van der Waals surface area contributed by atoms with Crippen LogP contribution in [0.2, 0.25) is 0 Å². The molecule has 0 fully saturated rings. The molecule has 0 bridgehead atoms. The first kappa shape index (κ1) is 19.3. The van der Waals surface area contributed by atoms with E-state index >= 15 is 0 Å². The Morgan fingerprint density at radius 1 is 1.00 bits per heavy atom. The van der Waals surface area contributed by atoms with Gasteiger partial charge in [-0.3, -0.25) is 24.3 Å². The third-order valence-electron chi connectivity index (χ3n) is 5.14. The molecule has 1 heterocycles. The molecule has 0 aliphatic heterocycles. The number of non-ortho nitro benzene ring substituents is 1. The molecule has 0 saturated carbocycles. The summed E-state index contributed by atoms with van der Waals surface area (Å²) in [6, 6.07) is 20.8. The fourth-order valence-electron chi connectivity index (χ4n) is 3.56. The van der Waals surface area contributed by atoms with Crippen molar-refractivity contribution in [3.63, 3.8) is 0 Å². The fraction of sp³-hybridized carbons (Fsp3) is 0.130. The average molecular weight is 401 g/mol. The number of nitrogens with one attached hydrogen (secondary N) is 1. The van der Waals surface area contributed by atoms with E-state index in [1.807, 2.05) is 49.4 Å². The van der Waals surface area contributed by atoms with Crippen LogP contribution in [0.15, 0.2) is 77.6 Å². The number of nitro benzene ring substituents is 1. The Kier molecular flexibility index (Phi) is 5.02. The minimum atomic E-state index is -0.493. The molecule has 3 aromatic carbocycles. The Labute approximate surface area is 171 Å². The van der Waals surface area contributed by atoms with Gasteiger partial charge in [-0.1, -0.05) is 36.4 Å². The molecular formula is C23H19N3O4. The van der Waals surface area contributed by atoms with Crippen LogP contribution >= 0.6 is 0 Å². The van der Waals surface area contributed by atoms with Crippen molar-refractivity contribution in [2.75, 3.05) is 0 Å². The summed E-state index contributed by atoms with van der Waals surface area (Å²) in [5.74, 6) is -0.316. The fourth-order valence-corrected chi connectivity index (χ4v) is 3.56. The topological polar surface area (TPSA) is 94.2 Å². The highest BCUT2D eigenvalue weighted by Crippen LogP contribution is 2.21. The average Bonchev–Trinajstić information content (AvgIpc) is 2.75. The summed E-state index contributed by atoms with van der Waals surface area (Å²) in [5, 5.41) is 16.6. The van der Waals surface area contributed by atoms with Crippen molar-refractivity contribution >= 4 is 33.3 Å². The molecule has 1 N–H and O–H groups in total. The van der Waals surface area contributed by atoms with Gasteiger partial charge in [0.15, 0.2) is 0 Å². The molecule has 0 unspecified atom stereocenters. The molecule has 4 aromatic rings. The SMILES string of the molecule is C[C@@H](NC(=O)Cn1c(=O)ccc2cc([N+](=O)[O-])ccc21)c1ccc2ccccc2c1. The second kappa shape index (κ2) is 7.79. The maximum Gasteiger partial charge on any atom is 0.270 e. The number of fused-ring (bicyclic) bond motifs is 2. The molecule has 30 heavy (non-hydrogen) atoms. The number of pyridine rings is 1. The molecular weight excluding hydrogens is 382 g/mol. The number of benzene rings is 3. The molecule has 4 rings (SSSR count). The zero-order valence-electron chi connectivity index (χ0n) is 16.2. The van der Waals surface area contributed by atoms with E-state index in [2.05, 4.69) is 5.32 Å². The van der Waals surface area contributed by atoms with Crippen LogP contribution in [0.5, 0.6) is 0 Å². The van der Waals surface area contributed by atoms with E-state index in [1.54, 1.807) is 0 Å². The van der Waals surface area contributed by atoms with Crippen LogP contribution in [0, 0.1) is 10.1 Å². The summed E-state index contributed by atoms with van der Waals surface area (Å²) >= 11 is 0. The highest BCUT2D eigenvalue weighted by atomic mass is 16.6. The Morgan fingerprint density at radius 2 is 1.73 bits per heavy atom. The number of carbonyl (C=O) groups excluding carboxylic acids is 1. The van der Waals surface area contributed by atoms with E-state index < -0.39 is 4.92 Å². The predicted octanol–water partition coefficient (Wildman–Crippen LogP) is 3.94. The first-order chi connectivity index (χ1) is 14.4. The van der Waals surface area contributed by atoms with Gasteiger partial charge in [0.2, 0.25) is 5.91 Å². The monoisotopic (exact) mass is 401 g/mol. The number of nitro groups is 1. The molecule has 7 heteroatoms. The lowest BCUT2D eigenvalue weighted by Crippen LogP contribution is -2.33. The number of hydrogen-bond acceptors (Lipinski definition) is 4. The number of carbonyl (C=O) groups is 1. The molecule has 150 valence electrons. The van der Waals surface area contributed by atoms with Crippen molar-refractivity contribution < 1.29 is 9.72 Å². The lowest BCUT2D eigenvalue weighted by atomic mass is 10.0. The van der Waals surface area contributed by atoms with Gasteiger partial charge in [-0.2, -0.15) is 0 Å². The first-order valence-electron chi connectivity index (χ1n) is 9.48. The summed E-state index contributed by atoms with van der Waals surface area (Å²) in [6.07, 6.45) is 0. The first-order valence-corrected chi connectivity index (χ1v) is 9.48. The number of amides is 1. The number of aromatic nitrogens is 1. The minimum absolute atomic E-state index is 0.0675. The quantitative estimate of drug-likeness (QED) is 0.405. The summed E-state index contributed by atoms with van der Waals surface area (Å²) in [7, 11) is 0. The highest BCUT2D eigenvalue weighted by Gasteiger charge is 2.14. The Hall–Kier alpha value is -4.00. The largest absolute Gasteiger partial charge is 0.348 e. The van der Waals surface area contributed by atoms with Gasteiger partial charge in [0.25, 0.3) is 11.2 Å². The lowest BCUT2D eigenvalue weighted by molar-refractivity contribution is -0.384. The van der Waals surface area contributed by atoms with Crippen LogP contribution < -0.4 is 10.9 Å². The Balaban J connectivity index is 1.57. The van der Waals surface area contributed by atoms with Gasteiger partial charge in [-0.15, -0.1) is 0 Å². The molecule has 1 amide bonds. The van der Waals surface area contributed by atoms with Crippen molar-refractivity contribution in [1.29, 1.82) is 0 Å². The predicted molar refractivity (Wildman–Crippen MR) is 115 cm³/mol. The van der Waals surface area contributed by atoms with E-state index in [9.17, 15) is 19.7 Å². The molecule has 1 aromatic heterocycles. The molecule has 0 radical (unpaired) electrons. The normalized spacial score (nSPS) is 12.0. The number of hydrogen-bond donors (Lipinski definition) is 1. The third-order valence-corrected chi connectivity index (χ3v) is 5.14. The van der Waals surface area contributed by atoms with E-state index in [0.29, 0.717) is 10.9 Å². The summed E-state index contributed by atoms with van der Waals surface area (Å²) < 4.78 is 1.32. The van der Waals surface area contributed by atoms with Gasteiger partial charge in [0.05, 0.1) is 16.5 Å². The molecule has 0 spiro atoms. The van der Waals surface area contributed by atoms with Crippen LogP contribution in [-0.4, -0.2) is 15.4 Å². The smallest absolute Gasteiger partial charge is 0.270 e. The van der Waals surface area contributed by atoms with Crippen molar-refractivity contribution in [2.24, 2.45) is 0 Å².